The van der Waals surface area contributed by atoms with Crippen molar-refractivity contribution in [2.75, 3.05) is 13.1 Å². The van der Waals surface area contributed by atoms with Crippen molar-refractivity contribution in [1.29, 1.82) is 0 Å². The predicted molar refractivity (Wildman–Crippen MR) is 220 cm³/mol. The number of aromatic nitrogens is 1. The lowest BCUT2D eigenvalue weighted by Gasteiger charge is -2.32. The largest absolute Gasteiger partial charge is 0.390 e. The maximum atomic E-state index is 14.3. The molecule has 0 spiro atoms. The first-order valence-electron chi connectivity index (χ1n) is 20.5. The van der Waals surface area contributed by atoms with Crippen LogP contribution in [0.5, 0.6) is 0 Å². The third-order valence-electron chi connectivity index (χ3n) is 10.9. The summed E-state index contributed by atoms with van der Waals surface area (Å²) in [6.07, 6.45) is 2.36. The molecular formula is C43H60N8O7. The van der Waals surface area contributed by atoms with Crippen LogP contribution in [-0.4, -0.2) is 106 Å². The number of hydrogen-bond donors (Lipinski definition) is 8. The summed E-state index contributed by atoms with van der Waals surface area (Å²) in [7, 11) is 0. The second-order valence-electron chi connectivity index (χ2n) is 16.5. The molecule has 3 heterocycles. The molecule has 0 aliphatic carbocycles. The Morgan fingerprint density at radius 2 is 1.52 bits per heavy atom. The molecule has 7 atom stereocenters. The lowest BCUT2D eigenvalue weighted by molar-refractivity contribution is -0.144. The molecule has 0 unspecified atom stereocenters. The Hall–Kier alpha value is -5.28. The van der Waals surface area contributed by atoms with Crippen LogP contribution in [-0.2, 0) is 41.6 Å². The molecule has 0 bridgehead atoms. The van der Waals surface area contributed by atoms with E-state index in [-0.39, 0.29) is 63.5 Å². The van der Waals surface area contributed by atoms with Gasteiger partial charge in [-0.3, -0.25) is 28.8 Å². The molecular weight excluding hydrogens is 741 g/mol. The highest BCUT2D eigenvalue weighted by Crippen LogP contribution is 2.23. The minimum atomic E-state index is -1.35. The summed E-state index contributed by atoms with van der Waals surface area (Å²) < 4.78 is 0. The first kappa shape index (κ1) is 43.8. The molecule has 2 fully saturated rings. The average molecular weight is 801 g/mol. The van der Waals surface area contributed by atoms with E-state index in [9.17, 15) is 33.9 Å². The van der Waals surface area contributed by atoms with Gasteiger partial charge < -0.3 is 47.3 Å². The Kier molecular flexibility index (Phi) is 15.4. The molecule has 15 nitrogen and oxygen atoms in total. The molecule has 9 N–H and O–H groups in total. The topological polar surface area (TPSA) is 228 Å². The fourth-order valence-electron chi connectivity index (χ4n) is 7.68. The lowest BCUT2D eigenvalue weighted by Crippen LogP contribution is -2.61. The van der Waals surface area contributed by atoms with Gasteiger partial charge in [0.1, 0.15) is 30.2 Å². The minimum Gasteiger partial charge on any atom is -0.390 e. The van der Waals surface area contributed by atoms with Gasteiger partial charge in [0.25, 0.3) is 0 Å². The van der Waals surface area contributed by atoms with E-state index in [2.05, 4.69) is 31.6 Å². The molecule has 1 aromatic heterocycles. The highest BCUT2D eigenvalue weighted by Gasteiger charge is 2.44. The molecule has 2 aliphatic rings. The number of aromatic amines is 1. The first-order valence-corrected chi connectivity index (χ1v) is 20.5. The van der Waals surface area contributed by atoms with Gasteiger partial charge in [0.15, 0.2) is 0 Å². The Bertz CT molecular complexity index is 1900. The molecule has 2 aromatic carbocycles. The van der Waals surface area contributed by atoms with Gasteiger partial charge in [0, 0.05) is 36.6 Å². The SMILES string of the molecule is CC(C)CC[C@H]1NC(=O)[C@@H]2[C@@H](O)CCN2C(=O)[C@@H](NC(=O)[C@@H](N)Cc2ccccc2)CCCNC(=O)[C@H](CC(C)C)NC(=O)[C@H](Cc2c[nH]c3ccccc23)NC1=O. The Morgan fingerprint density at radius 1 is 0.845 bits per heavy atom. The van der Waals surface area contributed by atoms with Gasteiger partial charge in [-0.25, -0.2) is 0 Å². The summed E-state index contributed by atoms with van der Waals surface area (Å²) in [5.41, 5.74) is 8.76. The molecule has 314 valence electrons. The number of aliphatic hydroxyl groups is 1. The van der Waals surface area contributed by atoms with Crippen LogP contribution in [0.1, 0.15) is 77.3 Å². The summed E-state index contributed by atoms with van der Waals surface area (Å²) in [4.78, 5) is 88.5. The van der Waals surface area contributed by atoms with Crippen LogP contribution in [0.15, 0.2) is 60.8 Å². The Balaban J connectivity index is 1.46. The van der Waals surface area contributed by atoms with Crippen molar-refractivity contribution in [3.8, 4) is 0 Å². The quantitative estimate of drug-likeness (QED) is 0.142. The van der Waals surface area contributed by atoms with Gasteiger partial charge in [-0.15, -0.1) is 0 Å². The summed E-state index contributed by atoms with van der Waals surface area (Å²) in [6, 6.07) is 10.2. The fourth-order valence-corrected chi connectivity index (χ4v) is 7.68. The van der Waals surface area contributed by atoms with E-state index in [1.807, 2.05) is 82.3 Å². The van der Waals surface area contributed by atoms with Crippen LogP contribution >= 0.6 is 0 Å². The Labute approximate surface area is 340 Å². The predicted octanol–water partition coefficient (Wildman–Crippen LogP) is 1.57. The summed E-state index contributed by atoms with van der Waals surface area (Å²) in [5, 5.41) is 26.2. The van der Waals surface area contributed by atoms with E-state index < -0.39 is 77.8 Å². The standard InChI is InChI=1S/C43H60N8O7/c1-25(2)16-17-32-40(55)50-35(23-28-24-46-31-14-9-8-13-29(28)31)41(56)49-34(21-26(3)4)39(54)45-19-10-15-33(43(58)51-20-18-36(52)37(51)42(57)47-32)48-38(53)30(44)22-27-11-6-5-7-12-27/h5-9,11-14,24-26,30,32-37,46,52H,10,15-23,44H2,1-4H3,(H,45,54)(H,47,57)(H,48,53)(H,49,56)(H,50,55)/t30-,32+,33-,34-,35-,36-,37-/m0/s1. The second kappa shape index (κ2) is 20.4. The van der Waals surface area contributed by atoms with Crippen molar-refractivity contribution >= 4 is 46.3 Å². The smallest absolute Gasteiger partial charge is 0.246 e. The molecule has 6 amide bonds. The van der Waals surface area contributed by atoms with Gasteiger partial charge >= 0.3 is 0 Å². The number of nitrogens with zero attached hydrogens (tertiary/aromatic N) is 1. The van der Waals surface area contributed by atoms with Gasteiger partial charge in [0.2, 0.25) is 35.4 Å². The summed E-state index contributed by atoms with van der Waals surface area (Å²) in [5.74, 6) is -3.32. The maximum Gasteiger partial charge on any atom is 0.246 e. The van der Waals surface area contributed by atoms with Crippen molar-refractivity contribution in [2.45, 2.75) is 121 Å². The third-order valence-corrected chi connectivity index (χ3v) is 10.9. The van der Waals surface area contributed by atoms with Gasteiger partial charge in [0.05, 0.1) is 12.1 Å². The monoisotopic (exact) mass is 800 g/mol. The van der Waals surface area contributed by atoms with Gasteiger partial charge in [-0.2, -0.15) is 0 Å². The van der Waals surface area contributed by atoms with E-state index in [0.717, 1.165) is 22.0 Å². The van der Waals surface area contributed by atoms with Gasteiger partial charge in [-0.1, -0.05) is 76.2 Å². The molecule has 0 radical (unpaired) electrons. The molecule has 2 aliphatic heterocycles. The zero-order valence-electron chi connectivity index (χ0n) is 34.0. The first-order chi connectivity index (χ1) is 27.7. The third kappa shape index (κ3) is 11.7. The van der Waals surface area contributed by atoms with Crippen LogP contribution in [0.4, 0.5) is 0 Å². The van der Waals surface area contributed by atoms with E-state index in [4.69, 9.17) is 5.73 Å². The molecule has 15 heteroatoms. The number of nitrogens with two attached hydrogens (primary N) is 1. The molecule has 5 rings (SSSR count). The maximum absolute atomic E-state index is 14.3. The molecule has 58 heavy (non-hydrogen) atoms. The zero-order valence-corrected chi connectivity index (χ0v) is 34.0. The van der Waals surface area contributed by atoms with Gasteiger partial charge in [-0.05, 0) is 74.0 Å². The number of rotatable bonds is 11. The van der Waals surface area contributed by atoms with E-state index in [0.29, 0.717) is 12.8 Å². The van der Waals surface area contributed by atoms with E-state index in [1.165, 1.54) is 4.90 Å². The van der Waals surface area contributed by atoms with Crippen molar-refractivity contribution in [1.82, 2.24) is 36.5 Å². The minimum absolute atomic E-state index is 0.0206. The van der Waals surface area contributed by atoms with E-state index >= 15 is 0 Å². The highest BCUT2D eigenvalue weighted by molar-refractivity contribution is 5.97. The molecule has 3 aromatic rings. The second-order valence-corrected chi connectivity index (χ2v) is 16.5. The van der Waals surface area contributed by atoms with Crippen molar-refractivity contribution in [3.63, 3.8) is 0 Å². The number of H-pyrrole nitrogens is 1. The van der Waals surface area contributed by atoms with Crippen LogP contribution in [0.2, 0.25) is 0 Å². The number of nitrogens with one attached hydrogen (secondary N) is 6. The van der Waals surface area contributed by atoms with Crippen molar-refractivity contribution < 1.29 is 33.9 Å². The number of hydrogen-bond acceptors (Lipinski definition) is 8. The zero-order chi connectivity index (χ0) is 41.9. The van der Waals surface area contributed by atoms with Crippen LogP contribution in [0.25, 0.3) is 10.9 Å². The van der Waals surface area contributed by atoms with Crippen LogP contribution in [0.3, 0.4) is 0 Å². The number of carbonyl (C=O) groups is 6. The van der Waals surface area contributed by atoms with Crippen molar-refractivity contribution in [3.05, 3.63) is 71.9 Å². The average Bonchev–Trinajstić information content (AvgIpc) is 3.79. The number of para-hydroxylation sites is 1. The summed E-state index contributed by atoms with van der Waals surface area (Å²) >= 11 is 0. The number of fused-ring (bicyclic) bond motifs is 2. The molecule has 0 saturated carbocycles. The fraction of sp³-hybridized carbons (Fsp3) is 0.535. The Morgan fingerprint density at radius 3 is 2.24 bits per heavy atom. The van der Waals surface area contributed by atoms with E-state index in [1.54, 1.807) is 6.20 Å². The van der Waals surface area contributed by atoms with Crippen LogP contribution < -0.4 is 32.3 Å². The van der Waals surface area contributed by atoms with Crippen molar-refractivity contribution in [2.24, 2.45) is 17.6 Å². The molecule has 2 saturated heterocycles. The number of aliphatic hydroxyl groups excluding tert-OH is 1. The number of amides is 6. The summed E-state index contributed by atoms with van der Waals surface area (Å²) in [6.45, 7) is 7.97. The lowest BCUT2D eigenvalue weighted by atomic mass is 9.99. The highest BCUT2D eigenvalue weighted by atomic mass is 16.3. The number of carbonyl (C=O) groups excluding carboxylic acids is 6. The normalized spacial score (nSPS) is 24.7. The van der Waals surface area contributed by atoms with Crippen LogP contribution in [0, 0.1) is 11.8 Å². The number of benzene rings is 2.